The van der Waals surface area contributed by atoms with E-state index in [0.29, 0.717) is 11.4 Å². The van der Waals surface area contributed by atoms with Gasteiger partial charge in [-0.05, 0) is 18.4 Å². The van der Waals surface area contributed by atoms with Crippen LogP contribution in [0.1, 0.15) is 13.0 Å². The van der Waals surface area contributed by atoms with Crippen molar-refractivity contribution in [1.82, 2.24) is 14.8 Å². The summed E-state index contributed by atoms with van der Waals surface area (Å²) >= 11 is 0. The minimum absolute atomic E-state index is 0.333. The fraction of sp³-hybridized carbons (Fsp3) is 0.0909. The van der Waals surface area contributed by atoms with Gasteiger partial charge in [0.05, 0.1) is 11.9 Å². The van der Waals surface area contributed by atoms with Crippen molar-refractivity contribution in [1.29, 1.82) is 0 Å². The predicted molar refractivity (Wildman–Crippen MR) is 109 cm³/mol. The zero-order valence-electron chi connectivity index (χ0n) is 15.2. The average Bonchev–Trinajstić information content (AvgIpc) is 2.74. The minimum Gasteiger partial charge on any atom is -0.324 e. The molecule has 4 aromatic rings. The van der Waals surface area contributed by atoms with E-state index in [1.54, 1.807) is 6.92 Å². The molecule has 0 radical (unpaired) electrons. The Morgan fingerprint density at radius 1 is 0.964 bits per heavy atom. The van der Waals surface area contributed by atoms with Gasteiger partial charge in [-0.3, -0.25) is 4.79 Å². The lowest BCUT2D eigenvalue weighted by Gasteiger charge is -2.15. The van der Waals surface area contributed by atoms with E-state index in [1.165, 1.54) is 6.20 Å². The molecule has 0 bridgehead atoms. The van der Waals surface area contributed by atoms with Gasteiger partial charge in [0.15, 0.2) is 0 Å². The number of benzene rings is 3. The second-order valence-corrected chi connectivity index (χ2v) is 6.43. The molecule has 6 heteroatoms. The molecule has 138 valence electrons. The normalized spacial score (nSPS) is 11.9. The molecule has 1 atom stereocenters. The molecule has 6 nitrogen and oxygen atoms in total. The molecule has 28 heavy (non-hydrogen) atoms. The van der Waals surface area contributed by atoms with E-state index in [2.05, 4.69) is 15.4 Å². The number of aromatic nitrogens is 3. The molecule has 0 aliphatic rings. The maximum atomic E-state index is 12.7. The monoisotopic (exact) mass is 370 g/mol. The maximum Gasteiger partial charge on any atom is 0.365 e. The first-order valence-corrected chi connectivity index (χ1v) is 8.93. The van der Waals surface area contributed by atoms with Crippen molar-refractivity contribution in [3.05, 3.63) is 89.5 Å². The summed E-state index contributed by atoms with van der Waals surface area (Å²) in [6.07, 6.45) is 1.50. The SMILES string of the molecule is C[C@H](C(=O)Nc1cccc2ccccc12)n1ncc(-c2ccccc2)nc1=O. The van der Waals surface area contributed by atoms with Crippen molar-refractivity contribution >= 4 is 22.4 Å². The summed E-state index contributed by atoms with van der Waals surface area (Å²) in [5, 5.41) is 9.01. The van der Waals surface area contributed by atoms with E-state index in [1.807, 2.05) is 72.8 Å². The zero-order chi connectivity index (χ0) is 19.5. The van der Waals surface area contributed by atoms with Gasteiger partial charge in [-0.15, -0.1) is 0 Å². The molecule has 1 amide bonds. The minimum atomic E-state index is -0.802. The molecule has 0 spiro atoms. The van der Waals surface area contributed by atoms with Gasteiger partial charge in [0.2, 0.25) is 5.91 Å². The quantitative estimate of drug-likeness (QED) is 0.595. The van der Waals surface area contributed by atoms with Crippen LogP contribution in [0, 0.1) is 0 Å². The van der Waals surface area contributed by atoms with Gasteiger partial charge in [-0.1, -0.05) is 66.7 Å². The molecule has 0 saturated heterocycles. The predicted octanol–water partition coefficient (Wildman–Crippen LogP) is 3.66. The van der Waals surface area contributed by atoms with Crippen LogP contribution >= 0.6 is 0 Å². The van der Waals surface area contributed by atoms with Crippen LogP contribution in [0.3, 0.4) is 0 Å². The first-order valence-electron chi connectivity index (χ1n) is 8.93. The van der Waals surface area contributed by atoms with Gasteiger partial charge >= 0.3 is 5.69 Å². The van der Waals surface area contributed by atoms with Crippen LogP contribution in [0.2, 0.25) is 0 Å². The number of anilines is 1. The molecule has 1 aromatic heterocycles. The van der Waals surface area contributed by atoms with Crippen molar-refractivity contribution in [2.24, 2.45) is 0 Å². The summed E-state index contributed by atoms with van der Waals surface area (Å²) < 4.78 is 1.09. The molecular formula is C22H18N4O2. The summed E-state index contributed by atoms with van der Waals surface area (Å²) in [6.45, 7) is 1.62. The maximum absolute atomic E-state index is 12.7. The Hall–Kier alpha value is -3.80. The van der Waals surface area contributed by atoms with E-state index < -0.39 is 11.7 Å². The van der Waals surface area contributed by atoms with E-state index >= 15 is 0 Å². The molecular weight excluding hydrogens is 352 g/mol. The number of carbonyl (C=O) groups excluding carboxylic acids is 1. The molecule has 0 fully saturated rings. The van der Waals surface area contributed by atoms with Crippen molar-refractivity contribution in [2.45, 2.75) is 13.0 Å². The number of carbonyl (C=O) groups is 1. The molecule has 3 aromatic carbocycles. The van der Waals surface area contributed by atoms with Gasteiger partial charge < -0.3 is 5.32 Å². The molecule has 0 unspecified atom stereocenters. The highest BCUT2D eigenvalue weighted by atomic mass is 16.2. The summed E-state index contributed by atoms with van der Waals surface area (Å²) in [7, 11) is 0. The molecule has 0 aliphatic carbocycles. The number of hydrogen-bond donors (Lipinski definition) is 1. The number of nitrogens with one attached hydrogen (secondary N) is 1. The highest BCUT2D eigenvalue weighted by Crippen LogP contribution is 2.23. The van der Waals surface area contributed by atoms with Crippen LogP contribution in [0.4, 0.5) is 5.69 Å². The van der Waals surface area contributed by atoms with E-state index in [4.69, 9.17) is 0 Å². The second-order valence-electron chi connectivity index (χ2n) is 6.43. The Labute approximate surface area is 161 Å². The Morgan fingerprint density at radius 2 is 1.68 bits per heavy atom. The first kappa shape index (κ1) is 17.6. The summed E-state index contributed by atoms with van der Waals surface area (Å²) in [6, 6.07) is 22.0. The number of amides is 1. The molecule has 0 saturated carbocycles. The highest BCUT2D eigenvalue weighted by Gasteiger charge is 2.19. The van der Waals surface area contributed by atoms with E-state index in [9.17, 15) is 9.59 Å². The van der Waals surface area contributed by atoms with Crippen molar-refractivity contribution in [3.63, 3.8) is 0 Å². The van der Waals surface area contributed by atoms with Crippen molar-refractivity contribution in [2.75, 3.05) is 5.32 Å². The third-order valence-corrected chi connectivity index (χ3v) is 4.58. The van der Waals surface area contributed by atoms with E-state index in [-0.39, 0.29) is 5.91 Å². The fourth-order valence-corrected chi connectivity index (χ4v) is 3.05. The van der Waals surface area contributed by atoms with Gasteiger partial charge in [0.25, 0.3) is 0 Å². The lowest BCUT2D eigenvalue weighted by molar-refractivity contribution is -0.119. The van der Waals surface area contributed by atoms with Crippen molar-refractivity contribution in [3.8, 4) is 11.3 Å². The third kappa shape index (κ3) is 3.40. The van der Waals surface area contributed by atoms with Gasteiger partial charge in [0, 0.05) is 16.6 Å². The fourth-order valence-electron chi connectivity index (χ4n) is 3.05. The smallest absolute Gasteiger partial charge is 0.324 e. The summed E-state index contributed by atoms with van der Waals surface area (Å²) in [4.78, 5) is 29.2. The largest absolute Gasteiger partial charge is 0.365 e. The topological polar surface area (TPSA) is 76.9 Å². The number of fused-ring (bicyclic) bond motifs is 1. The Morgan fingerprint density at radius 3 is 2.46 bits per heavy atom. The number of rotatable bonds is 4. The molecule has 1 N–H and O–H groups in total. The van der Waals surface area contributed by atoms with Crippen molar-refractivity contribution < 1.29 is 4.79 Å². The van der Waals surface area contributed by atoms with Gasteiger partial charge in [-0.25, -0.2) is 9.48 Å². The standard InChI is InChI=1S/C22H18N4O2/c1-15(21(27)24-19-13-7-11-16-8-5-6-12-18(16)19)26-22(28)25-20(14-23-26)17-9-3-2-4-10-17/h2-15H,1H3,(H,24,27)/t15-/m1/s1. The average molecular weight is 370 g/mol. The molecule has 1 heterocycles. The third-order valence-electron chi connectivity index (χ3n) is 4.58. The van der Waals surface area contributed by atoms with Gasteiger partial charge in [0.1, 0.15) is 6.04 Å². The number of nitrogens with zero attached hydrogens (tertiary/aromatic N) is 3. The molecule has 4 rings (SSSR count). The summed E-state index contributed by atoms with van der Waals surface area (Å²) in [5.41, 5.74) is 1.40. The first-order chi connectivity index (χ1) is 13.6. The Bertz CT molecular complexity index is 1200. The van der Waals surface area contributed by atoms with E-state index in [0.717, 1.165) is 21.0 Å². The highest BCUT2D eigenvalue weighted by molar-refractivity contribution is 6.03. The van der Waals surface area contributed by atoms with Crippen LogP contribution in [0.5, 0.6) is 0 Å². The molecule has 0 aliphatic heterocycles. The lowest BCUT2D eigenvalue weighted by atomic mass is 10.1. The summed E-state index contributed by atoms with van der Waals surface area (Å²) in [5.74, 6) is -0.333. The van der Waals surface area contributed by atoms with Crippen LogP contribution in [0.15, 0.2) is 83.8 Å². The number of hydrogen-bond acceptors (Lipinski definition) is 4. The second kappa shape index (κ2) is 7.44. The Kier molecular flexibility index (Phi) is 4.68. The van der Waals surface area contributed by atoms with Crippen LogP contribution in [0.25, 0.3) is 22.0 Å². The van der Waals surface area contributed by atoms with Crippen LogP contribution in [-0.2, 0) is 4.79 Å². The zero-order valence-corrected chi connectivity index (χ0v) is 15.2. The van der Waals surface area contributed by atoms with Crippen LogP contribution < -0.4 is 11.0 Å². The Balaban J connectivity index is 1.59. The lowest BCUT2D eigenvalue weighted by Crippen LogP contribution is -2.34. The van der Waals surface area contributed by atoms with Crippen LogP contribution in [-0.4, -0.2) is 20.7 Å². The van der Waals surface area contributed by atoms with Gasteiger partial charge in [-0.2, -0.15) is 10.1 Å².